The number of carboxylic acid groups (broad SMARTS) is 1. The molecule has 0 aliphatic rings. The molecule has 0 bridgehead atoms. The summed E-state index contributed by atoms with van der Waals surface area (Å²) in [5.74, 6) is -1.34. The third-order valence-corrected chi connectivity index (χ3v) is 2.73. The van der Waals surface area contributed by atoms with E-state index < -0.39 is 10.9 Å². The Morgan fingerprint density at radius 1 is 1.33 bits per heavy atom. The van der Waals surface area contributed by atoms with Crippen LogP contribution < -0.4 is 0 Å². The number of hydrogen-bond donors (Lipinski definition) is 1. The van der Waals surface area contributed by atoms with Crippen LogP contribution in [-0.4, -0.2) is 16.0 Å². The lowest BCUT2D eigenvalue weighted by Gasteiger charge is -2.00. The molecule has 0 saturated heterocycles. The van der Waals surface area contributed by atoms with Gasteiger partial charge in [-0.05, 0) is 24.3 Å². The number of nitro groups is 1. The normalized spacial score (nSPS) is 10.3. The zero-order chi connectivity index (χ0) is 13.3. The molecule has 0 atom stereocenters. The summed E-state index contributed by atoms with van der Waals surface area (Å²) in [6, 6.07) is 7.08. The van der Waals surface area contributed by atoms with Crippen LogP contribution >= 0.6 is 15.9 Å². The molecule has 7 heteroatoms. The van der Waals surface area contributed by atoms with Gasteiger partial charge in [0.1, 0.15) is 5.76 Å². The maximum atomic E-state index is 10.9. The molecule has 0 aliphatic heterocycles. The largest absolute Gasteiger partial charge is 0.475 e. The first-order chi connectivity index (χ1) is 8.49. The van der Waals surface area contributed by atoms with Gasteiger partial charge in [0.2, 0.25) is 5.76 Å². The van der Waals surface area contributed by atoms with Gasteiger partial charge in [-0.15, -0.1) is 0 Å². The number of benzene rings is 1. The molecule has 2 rings (SSSR count). The molecular formula is C11H6BrNO5. The highest BCUT2D eigenvalue weighted by Crippen LogP contribution is 2.33. The lowest BCUT2D eigenvalue weighted by Crippen LogP contribution is -1.93. The number of furan rings is 1. The van der Waals surface area contributed by atoms with Crippen LogP contribution in [0.1, 0.15) is 10.6 Å². The summed E-state index contributed by atoms with van der Waals surface area (Å²) >= 11 is 3.14. The van der Waals surface area contributed by atoms with Crippen LogP contribution in [0, 0.1) is 10.1 Å². The zero-order valence-electron chi connectivity index (χ0n) is 8.79. The van der Waals surface area contributed by atoms with Crippen molar-refractivity contribution in [1.82, 2.24) is 0 Å². The van der Waals surface area contributed by atoms with Gasteiger partial charge in [-0.2, -0.15) is 0 Å². The molecule has 1 aromatic carbocycles. The summed E-state index contributed by atoms with van der Waals surface area (Å²) in [4.78, 5) is 21.0. The van der Waals surface area contributed by atoms with Crippen LogP contribution in [0.5, 0.6) is 0 Å². The Bertz CT molecular complexity index is 634. The summed E-state index contributed by atoms with van der Waals surface area (Å²) in [6.45, 7) is 0. The maximum absolute atomic E-state index is 10.9. The van der Waals surface area contributed by atoms with Gasteiger partial charge < -0.3 is 9.52 Å². The molecular weight excluding hydrogens is 306 g/mol. The van der Waals surface area contributed by atoms with Crippen LogP contribution in [0.25, 0.3) is 11.3 Å². The van der Waals surface area contributed by atoms with Crippen LogP contribution in [-0.2, 0) is 0 Å². The Balaban J connectivity index is 2.55. The van der Waals surface area contributed by atoms with E-state index in [4.69, 9.17) is 9.52 Å². The smallest absolute Gasteiger partial charge is 0.371 e. The van der Waals surface area contributed by atoms with Crippen molar-refractivity contribution in [2.45, 2.75) is 0 Å². The van der Waals surface area contributed by atoms with Crippen molar-refractivity contribution >= 4 is 27.6 Å². The molecule has 2 aromatic rings. The summed E-state index contributed by atoms with van der Waals surface area (Å²) in [6.07, 6.45) is 0. The van der Waals surface area contributed by atoms with Crippen molar-refractivity contribution in [3.63, 3.8) is 0 Å². The molecule has 0 aliphatic carbocycles. The van der Waals surface area contributed by atoms with Crippen LogP contribution in [0.2, 0.25) is 0 Å². The van der Waals surface area contributed by atoms with Gasteiger partial charge in [-0.1, -0.05) is 15.9 Å². The zero-order valence-corrected chi connectivity index (χ0v) is 10.4. The first-order valence-electron chi connectivity index (χ1n) is 4.76. The van der Waals surface area contributed by atoms with Gasteiger partial charge >= 0.3 is 5.97 Å². The molecule has 1 N–H and O–H groups in total. The fraction of sp³-hybridized carbons (Fsp3) is 0. The molecule has 0 spiro atoms. The van der Waals surface area contributed by atoms with E-state index in [1.54, 1.807) is 6.07 Å². The van der Waals surface area contributed by atoms with Crippen LogP contribution in [0.4, 0.5) is 5.69 Å². The highest BCUT2D eigenvalue weighted by Gasteiger charge is 2.19. The first kappa shape index (κ1) is 12.3. The second-order valence-electron chi connectivity index (χ2n) is 3.39. The third-order valence-electron chi connectivity index (χ3n) is 2.24. The third kappa shape index (κ3) is 2.25. The number of hydrogen-bond acceptors (Lipinski definition) is 4. The minimum Gasteiger partial charge on any atom is -0.475 e. The predicted octanol–water partition coefficient (Wildman–Crippen LogP) is 3.32. The molecule has 0 saturated carbocycles. The highest BCUT2D eigenvalue weighted by molar-refractivity contribution is 9.10. The van der Waals surface area contributed by atoms with Crippen molar-refractivity contribution in [3.8, 4) is 11.3 Å². The van der Waals surface area contributed by atoms with E-state index >= 15 is 0 Å². The monoisotopic (exact) mass is 311 g/mol. The SMILES string of the molecule is O=C(O)c1ccc(-c2ccc(Br)cc2[N+](=O)[O-])o1. The van der Waals surface area contributed by atoms with E-state index in [0.29, 0.717) is 4.47 Å². The average molecular weight is 312 g/mol. The molecule has 18 heavy (non-hydrogen) atoms. The van der Waals surface area contributed by atoms with Gasteiger partial charge in [-0.25, -0.2) is 4.79 Å². The molecule has 0 amide bonds. The Labute approximate surface area is 109 Å². The van der Waals surface area contributed by atoms with Crippen molar-refractivity contribution in [1.29, 1.82) is 0 Å². The number of carboxylic acids is 1. The lowest BCUT2D eigenvalue weighted by molar-refractivity contribution is -0.384. The number of nitrogens with zero attached hydrogens (tertiary/aromatic N) is 1. The Hall–Kier alpha value is -2.15. The van der Waals surface area contributed by atoms with E-state index in [2.05, 4.69) is 15.9 Å². The molecule has 92 valence electrons. The first-order valence-corrected chi connectivity index (χ1v) is 5.56. The summed E-state index contributed by atoms with van der Waals surface area (Å²) < 4.78 is 5.60. The van der Waals surface area contributed by atoms with E-state index in [1.165, 1.54) is 24.3 Å². The molecule has 0 unspecified atom stereocenters. The summed E-state index contributed by atoms with van der Waals surface area (Å²) in [5.41, 5.74) is 0.0753. The molecule has 1 aromatic heterocycles. The van der Waals surface area contributed by atoms with E-state index in [9.17, 15) is 14.9 Å². The average Bonchev–Trinajstić information content (AvgIpc) is 2.78. The van der Waals surface area contributed by atoms with Crippen LogP contribution in [0.15, 0.2) is 39.2 Å². The number of aromatic carboxylic acids is 1. The Kier molecular flexibility index (Phi) is 3.15. The predicted molar refractivity (Wildman–Crippen MR) is 65.5 cm³/mol. The van der Waals surface area contributed by atoms with Gasteiger partial charge in [0.25, 0.3) is 5.69 Å². The standard InChI is InChI=1S/C11H6BrNO5/c12-6-1-2-7(8(5-6)13(16)17)9-3-4-10(18-9)11(14)15/h1-5H,(H,14,15). The van der Waals surface area contributed by atoms with Crippen LogP contribution in [0.3, 0.4) is 0 Å². The van der Waals surface area contributed by atoms with Crippen molar-refractivity contribution in [2.24, 2.45) is 0 Å². The quantitative estimate of drug-likeness (QED) is 0.693. The molecule has 6 nitrogen and oxygen atoms in total. The topological polar surface area (TPSA) is 93.6 Å². The van der Waals surface area contributed by atoms with Crippen molar-refractivity contribution in [3.05, 3.63) is 50.7 Å². The van der Waals surface area contributed by atoms with Crippen molar-refractivity contribution < 1.29 is 19.2 Å². The molecule has 1 heterocycles. The Morgan fingerprint density at radius 2 is 2.06 bits per heavy atom. The fourth-order valence-corrected chi connectivity index (χ4v) is 1.81. The maximum Gasteiger partial charge on any atom is 0.371 e. The summed E-state index contributed by atoms with van der Waals surface area (Å²) in [7, 11) is 0. The van der Waals surface area contributed by atoms with Gasteiger partial charge in [0.15, 0.2) is 0 Å². The Morgan fingerprint density at radius 3 is 2.61 bits per heavy atom. The van der Waals surface area contributed by atoms with E-state index in [-0.39, 0.29) is 22.8 Å². The lowest BCUT2D eigenvalue weighted by atomic mass is 10.1. The van der Waals surface area contributed by atoms with E-state index in [1.807, 2.05) is 0 Å². The van der Waals surface area contributed by atoms with Crippen molar-refractivity contribution in [2.75, 3.05) is 0 Å². The number of carbonyl (C=O) groups is 1. The fourth-order valence-electron chi connectivity index (χ4n) is 1.46. The van der Waals surface area contributed by atoms with Gasteiger partial charge in [-0.3, -0.25) is 10.1 Å². The number of nitro benzene ring substituents is 1. The minimum atomic E-state index is -1.22. The second kappa shape index (κ2) is 4.61. The minimum absolute atomic E-state index is 0.145. The number of halogens is 1. The highest BCUT2D eigenvalue weighted by atomic mass is 79.9. The second-order valence-corrected chi connectivity index (χ2v) is 4.30. The van der Waals surface area contributed by atoms with Gasteiger partial charge in [0.05, 0.1) is 10.5 Å². The summed E-state index contributed by atoms with van der Waals surface area (Å²) in [5, 5.41) is 19.6. The molecule has 0 fully saturated rings. The van der Waals surface area contributed by atoms with E-state index in [0.717, 1.165) is 0 Å². The number of rotatable bonds is 3. The molecule has 0 radical (unpaired) electrons. The van der Waals surface area contributed by atoms with Gasteiger partial charge in [0, 0.05) is 10.5 Å².